The molecule has 2 rings (SSSR count). The van der Waals surface area contributed by atoms with Crippen molar-refractivity contribution < 1.29 is 0 Å². The minimum Gasteiger partial charge on any atom is -0.253 e. The van der Waals surface area contributed by atoms with E-state index >= 15 is 0 Å². The Balaban J connectivity index is 2.11. The molecule has 0 aliphatic carbocycles. The molecule has 0 bridgehead atoms. The summed E-state index contributed by atoms with van der Waals surface area (Å²) in [6.07, 6.45) is 6.11. The van der Waals surface area contributed by atoms with E-state index in [-0.39, 0.29) is 0 Å². The molecule has 0 radical (unpaired) electrons. The van der Waals surface area contributed by atoms with Crippen LogP contribution in [0.1, 0.15) is 43.9 Å². The maximum absolute atomic E-state index is 8.85. The van der Waals surface area contributed by atoms with Crippen molar-refractivity contribution in [1.82, 2.24) is 4.98 Å². The van der Waals surface area contributed by atoms with Gasteiger partial charge < -0.3 is 0 Å². The van der Waals surface area contributed by atoms with Gasteiger partial charge in [-0.1, -0.05) is 32.3 Å². The molecule has 92 valence electrons. The van der Waals surface area contributed by atoms with Gasteiger partial charge in [0.05, 0.1) is 17.1 Å². The fraction of sp³-hybridized carbons (Fsp3) is 0.375. The second-order valence-electron chi connectivity index (χ2n) is 4.63. The summed E-state index contributed by atoms with van der Waals surface area (Å²) in [4.78, 5) is 4.64. The quantitative estimate of drug-likeness (QED) is 0.731. The van der Waals surface area contributed by atoms with Gasteiger partial charge in [0.1, 0.15) is 0 Å². The predicted molar refractivity (Wildman–Crippen MR) is 74.3 cm³/mol. The molecule has 0 N–H and O–H groups in total. The normalized spacial score (nSPS) is 10.4. The van der Waals surface area contributed by atoms with Crippen molar-refractivity contribution in [2.45, 2.75) is 39.0 Å². The van der Waals surface area contributed by atoms with Crippen LogP contribution in [0.3, 0.4) is 0 Å². The molecular weight excluding hydrogens is 220 g/mol. The Hall–Kier alpha value is -1.88. The van der Waals surface area contributed by atoms with Crippen LogP contribution in [0.25, 0.3) is 10.9 Å². The average Bonchev–Trinajstić information content (AvgIpc) is 2.43. The number of benzene rings is 1. The molecule has 2 heteroatoms. The van der Waals surface area contributed by atoms with Crippen LogP contribution in [0.4, 0.5) is 0 Å². The minimum absolute atomic E-state index is 0.694. The molecule has 2 nitrogen and oxygen atoms in total. The molecule has 0 aliphatic heterocycles. The topological polar surface area (TPSA) is 36.7 Å². The van der Waals surface area contributed by atoms with Gasteiger partial charge >= 0.3 is 0 Å². The van der Waals surface area contributed by atoms with Gasteiger partial charge in [-0.2, -0.15) is 5.26 Å². The van der Waals surface area contributed by atoms with E-state index in [9.17, 15) is 0 Å². The lowest BCUT2D eigenvalue weighted by Crippen LogP contribution is -1.91. The fourth-order valence-corrected chi connectivity index (χ4v) is 2.11. The van der Waals surface area contributed by atoms with E-state index in [0.717, 1.165) is 23.0 Å². The Labute approximate surface area is 108 Å². The molecule has 18 heavy (non-hydrogen) atoms. The number of fused-ring (bicyclic) bond motifs is 1. The largest absolute Gasteiger partial charge is 0.253 e. The van der Waals surface area contributed by atoms with E-state index in [2.05, 4.69) is 30.1 Å². The van der Waals surface area contributed by atoms with E-state index in [1.165, 1.54) is 25.7 Å². The maximum atomic E-state index is 8.85. The monoisotopic (exact) mass is 238 g/mol. The highest BCUT2D eigenvalue weighted by atomic mass is 14.7. The first kappa shape index (κ1) is 12.6. The summed E-state index contributed by atoms with van der Waals surface area (Å²) in [6.45, 7) is 2.22. The van der Waals surface area contributed by atoms with E-state index in [1.54, 1.807) is 0 Å². The van der Waals surface area contributed by atoms with E-state index in [4.69, 9.17) is 5.26 Å². The highest BCUT2D eigenvalue weighted by Gasteiger charge is 2.00. The Kier molecular flexibility index (Phi) is 4.30. The van der Waals surface area contributed by atoms with Gasteiger partial charge in [0, 0.05) is 11.1 Å². The third-order valence-electron chi connectivity index (χ3n) is 3.16. The SMILES string of the molecule is CCCCCCc1ccc2cc(C#N)ccc2n1. The van der Waals surface area contributed by atoms with Gasteiger partial charge in [0.2, 0.25) is 0 Å². The Morgan fingerprint density at radius 1 is 1.11 bits per heavy atom. The van der Waals surface area contributed by atoms with Crippen LogP contribution in [-0.4, -0.2) is 4.98 Å². The van der Waals surface area contributed by atoms with E-state index < -0.39 is 0 Å². The number of nitrogens with zero attached hydrogens (tertiary/aromatic N) is 2. The zero-order chi connectivity index (χ0) is 12.8. The Morgan fingerprint density at radius 3 is 2.78 bits per heavy atom. The smallest absolute Gasteiger partial charge is 0.0991 e. The summed E-state index contributed by atoms with van der Waals surface area (Å²) in [5.74, 6) is 0. The van der Waals surface area contributed by atoms with Crippen molar-refractivity contribution >= 4 is 10.9 Å². The van der Waals surface area contributed by atoms with Crippen molar-refractivity contribution in [3.8, 4) is 6.07 Å². The van der Waals surface area contributed by atoms with Crippen LogP contribution in [0, 0.1) is 11.3 Å². The van der Waals surface area contributed by atoms with Crippen molar-refractivity contribution in [2.24, 2.45) is 0 Å². The van der Waals surface area contributed by atoms with Crippen LogP contribution in [0.2, 0.25) is 0 Å². The second kappa shape index (κ2) is 6.16. The highest BCUT2D eigenvalue weighted by molar-refractivity contribution is 5.80. The molecule has 0 saturated carbocycles. The molecular formula is C16H18N2. The first-order chi connectivity index (χ1) is 8.83. The fourth-order valence-electron chi connectivity index (χ4n) is 2.11. The molecule has 0 unspecified atom stereocenters. The lowest BCUT2D eigenvalue weighted by molar-refractivity contribution is 0.661. The molecule has 1 aromatic heterocycles. The number of aromatic nitrogens is 1. The van der Waals surface area contributed by atoms with Gasteiger partial charge in [-0.15, -0.1) is 0 Å². The lowest BCUT2D eigenvalue weighted by Gasteiger charge is -2.03. The summed E-state index contributed by atoms with van der Waals surface area (Å²) in [6, 6.07) is 12.0. The number of nitriles is 1. The first-order valence-corrected chi connectivity index (χ1v) is 6.63. The Morgan fingerprint density at radius 2 is 2.00 bits per heavy atom. The number of unbranched alkanes of at least 4 members (excludes halogenated alkanes) is 3. The summed E-state index contributed by atoms with van der Waals surface area (Å²) in [5.41, 5.74) is 2.84. The number of rotatable bonds is 5. The van der Waals surface area contributed by atoms with Crippen molar-refractivity contribution in [3.05, 3.63) is 41.6 Å². The van der Waals surface area contributed by atoms with Crippen LogP contribution in [0.15, 0.2) is 30.3 Å². The molecule has 1 heterocycles. The zero-order valence-electron chi connectivity index (χ0n) is 10.8. The van der Waals surface area contributed by atoms with Crippen LogP contribution < -0.4 is 0 Å². The third-order valence-corrected chi connectivity index (χ3v) is 3.16. The molecule has 2 aromatic rings. The number of aryl methyl sites for hydroxylation is 1. The summed E-state index contributed by atoms with van der Waals surface area (Å²) < 4.78 is 0. The number of pyridine rings is 1. The van der Waals surface area contributed by atoms with Crippen molar-refractivity contribution in [2.75, 3.05) is 0 Å². The molecule has 0 fully saturated rings. The van der Waals surface area contributed by atoms with Crippen LogP contribution >= 0.6 is 0 Å². The third kappa shape index (κ3) is 3.07. The lowest BCUT2D eigenvalue weighted by atomic mass is 10.1. The molecule has 0 atom stereocenters. The first-order valence-electron chi connectivity index (χ1n) is 6.63. The molecule has 0 spiro atoms. The average molecular weight is 238 g/mol. The molecule has 0 saturated heterocycles. The van der Waals surface area contributed by atoms with E-state index in [1.807, 2.05) is 18.2 Å². The summed E-state index contributed by atoms with van der Waals surface area (Å²) in [5, 5.41) is 9.90. The standard InChI is InChI=1S/C16H18N2/c1-2-3-4-5-6-15-9-8-14-11-13(12-17)7-10-16(14)18-15/h7-11H,2-6H2,1H3. The van der Waals surface area contributed by atoms with Crippen molar-refractivity contribution in [3.63, 3.8) is 0 Å². The highest BCUT2D eigenvalue weighted by Crippen LogP contribution is 2.16. The van der Waals surface area contributed by atoms with E-state index in [0.29, 0.717) is 5.56 Å². The number of hydrogen-bond acceptors (Lipinski definition) is 2. The zero-order valence-corrected chi connectivity index (χ0v) is 10.8. The number of hydrogen-bond donors (Lipinski definition) is 0. The van der Waals surface area contributed by atoms with Gasteiger partial charge in [-0.3, -0.25) is 4.98 Å². The van der Waals surface area contributed by atoms with Crippen LogP contribution in [-0.2, 0) is 6.42 Å². The molecule has 1 aromatic carbocycles. The van der Waals surface area contributed by atoms with Gasteiger partial charge in [0.25, 0.3) is 0 Å². The molecule has 0 aliphatic rings. The van der Waals surface area contributed by atoms with Gasteiger partial charge in [-0.05, 0) is 37.1 Å². The summed E-state index contributed by atoms with van der Waals surface area (Å²) in [7, 11) is 0. The predicted octanol–water partition coefficient (Wildman–Crippen LogP) is 4.23. The summed E-state index contributed by atoms with van der Waals surface area (Å²) >= 11 is 0. The van der Waals surface area contributed by atoms with Crippen molar-refractivity contribution in [1.29, 1.82) is 5.26 Å². The van der Waals surface area contributed by atoms with Crippen LogP contribution in [0.5, 0.6) is 0 Å². The van der Waals surface area contributed by atoms with Gasteiger partial charge in [-0.25, -0.2) is 0 Å². The van der Waals surface area contributed by atoms with Gasteiger partial charge in [0.15, 0.2) is 0 Å². The minimum atomic E-state index is 0.694. The maximum Gasteiger partial charge on any atom is 0.0991 e. The Bertz CT molecular complexity index is 567. The molecule has 0 amide bonds. The second-order valence-corrected chi connectivity index (χ2v) is 4.63.